The molecule has 3 aliphatic carbocycles. The van der Waals surface area contributed by atoms with Crippen LogP contribution in [0.1, 0.15) is 62.7 Å². The number of fused-ring (bicyclic) bond motifs is 3. The highest BCUT2D eigenvalue weighted by atomic mass is 32.2. The van der Waals surface area contributed by atoms with E-state index in [0.717, 1.165) is 30.4 Å². The summed E-state index contributed by atoms with van der Waals surface area (Å²) in [7, 11) is -3.99. The van der Waals surface area contributed by atoms with Crippen molar-refractivity contribution in [1.29, 1.82) is 0 Å². The Morgan fingerprint density at radius 2 is 1.90 bits per heavy atom. The second-order valence-corrected chi connectivity index (χ2v) is 14.0. The molecule has 40 heavy (non-hydrogen) atoms. The molecule has 6 rings (SSSR count). The number of aliphatic carboxylic acids is 1. The molecule has 0 saturated heterocycles. The highest BCUT2D eigenvalue weighted by molar-refractivity contribution is 7.87. The van der Waals surface area contributed by atoms with E-state index in [0.29, 0.717) is 35.1 Å². The maximum absolute atomic E-state index is 13.7. The second-order valence-electron chi connectivity index (χ2n) is 11.5. The minimum Gasteiger partial charge on any atom is -0.481 e. The first-order valence-corrected chi connectivity index (χ1v) is 16.0. The van der Waals surface area contributed by atoms with Crippen LogP contribution in [0.25, 0.3) is 10.1 Å². The molecule has 212 valence electrons. The number of carbonyl (C=O) groups excluding carboxylic acids is 1. The van der Waals surface area contributed by atoms with Crippen LogP contribution in [0, 0.1) is 23.2 Å². The molecule has 3 aromatic rings. The molecule has 4 atom stereocenters. The van der Waals surface area contributed by atoms with Gasteiger partial charge in [0.2, 0.25) is 0 Å². The Hall–Kier alpha value is -3.17. The van der Waals surface area contributed by atoms with Gasteiger partial charge in [-0.2, -0.15) is 8.42 Å². The van der Waals surface area contributed by atoms with Crippen molar-refractivity contribution in [1.82, 2.24) is 5.32 Å². The van der Waals surface area contributed by atoms with Crippen LogP contribution >= 0.6 is 11.3 Å². The first kappa shape index (κ1) is 28.4. The lowest BCUT2D eigenvalue weighted by Crippen LogP contribution is -2.63. The largest absolute Gasteiger partial charge is 0.481 e. The van der Waals surface area contributed by atoms with Gasteiger partial charge in [0.05, 0.1) is 5.56 Å². The average molecular weight is 582 g/mol. The summed E-state index contributed by atoms with van der Waals surface area (Å²) < 4.78 is 31.8. The number of nitrogens with one attached hydrogen (secondary N) is 1. The third kappa shape index (κ3) is 5.81. The van der Waals surface area contributed by atoms with Crippen molar-refractivity contribution in [3.8, 4) is 5.75 Å². The molecule has 0 radical (unpaired) electrons. The van der Waals surface area contributed by atoms with Crippen molar-refractivity contribution in [2.24, 2.45) is 23.2 Å². The number of carboxylic acids is 1. The normalized spacial score (nSPS) is 23.6. The minimum absolute atomic E-state index is 0.0315. The molecular formula is C31H35NO6S2. The van der Waals surface area contributed by atoms with Gasteiger partial charge in [0.1, 0.15) is 10.6 Å². The average Bonchev–Trinajstić information content (AvgIpc) is 3.34. The van der Waals surface area contributed by atoms with E-state index in [1.807, 2.05) is 5.38 Å². The number of hydrogen-bond donors (Lipinski definition) is 2. The summed E-state index contributed by atoms with van der Waals surface area (Å²) in [6, 6.07) is 13.0. The van der Waals surface area contributed by atoms with Gasteiger partial charge in [-0.15, -0.1) is 11.3 Å². The summed E-state index contributed by atoms with van der Waals surface area (Å²) in [5.74, 6) is 0.579. The minimum atomic E-state index is -3.99. The van der Waals surface area contributed by atoms with Gasteiger partial charge in [0, 0.05) is 27.9 Å². The number of rotatable bonds is 11. The van der Waals surface area contributed by atoms with Crippen molar-refractivity contribution in [2.45, 2.75) is 63.3 Å². The molecule has 2 aromatic carbocycles. The maximum atomic E-state index is 13.7. The van der Waals surface area contributed by atoms with Crippen molar-refractivity contribution in [3.05, 3.63) is 71.6 Å². The molecule has 2 bridgehead atoms. The topological polar surface area (TPSA) is 110 Å². The van der Waals surface area contributed by atoms with Crippen LogP contribution in [-0.4, -0.2) is 31.4 Å². The first-order valence-electron chi connectivity index (χ1n) is 13.7. The number of thiophene rings is 1. The Bertz CT molecular complexity index is 1530. The highest BCUT2D eigenvalue weighted by Crippen LogP contribution is 2.61. The monoisotopic (exact) mass is 581 g/mol. The number of amides is 1. The predicted molar refractivity (Wildman–Crippen MR) is 156 cm³/mol. The van der Waals surface area contributed by atoms with Crippen molar-refractivity contribution in [3.63, 3.8) is 0 Å². The standard InChI is InChI=1S/C31H35NO6S2/c1-31(2)21-16-20(10-6-3-4-9-13-28(33)34)29(26(31)17-21)32-30(35)25-19-39-27-15-14-22(18-24(25)27)38-40(36,37)23-11-7-5-8-12-23/h3,5-8,11-12,14-15,18-21,26,29H,4,9-10,13,16-17H2,1-2H3,(H,32,35)(H,33,34)/b6-3-. The number of hydrogen-bond acceptors (Lipinski definition) is 6. The molecule has 4 unspecified atom stereocenters. The zero-order valence-corrected chi connectivity index (χ0v) is 24.3. The van der Waals surface area contributed by atoms with E-state index in [4.69, 9.17) is 9.29 Å². The van der Waals surface area contributed by atoms with Crippen molar-refractivity contribution >= 4 is 43.4 Å². The third-order valence-electron chi connectivity index (χ3n) is 8.77. The van der Waals surface area contributed by atoms with E-state index in [-0.39, 0.29) is 34.4 Å². The van der Waals surface area contributed by atoms with Crippen LogP contribution < -0.4 is 9.50 Å². The molecule has 0 aliphatic heterocycles. The van der Waals surface area contributed by atoms with Gasteiger partial charge in [-0.05, 0) is 85.6 Å². The van der Waals surface area contributed by atoms with Gasteiger partial charge in [-0.3, -0.25) is 9.59 Å². The molecule has 3 fully saturated rings. The predicted octanol–water partition coefficient (Wildman–Crippen LogP) is 6.65. The fourth-order valence-corrected chi connectivity index (χ4v) is 8.22. The fourth-order valence-electron chi connectivity index (χ4n) is 6.35. The number of carboxylic acid groups (broad SMARTS) is 1. The third-order valence-corrected chi connectivity index (χ3v) is 11.0. The van der Waals surface area contributed by atoms with E-state index in [1.54, 1.807) is 36.4 Å². The Kier molecular flexibility index (Phi) is 8.06. The van der Waals surface area contributed by atoms with Crippen LogP contribution in [-0.2, 0) is 14.9 Å². The van der Waals surface area contributed by atoms with Crippen molar-refractivity contribution < 1.29 is 27.3 Å². The summed E-state index contributed by atoms with van der Waals surface area (Å²) in [5, 5.41) is 14.7. The SMILES string of the molecule is CC1(C)C2CC(C/C=C\CCCC(=O)O)C(NC(=O)c3csc4ccc(OS(=O)(=O)c5ccccc5)cc34)C1C2. The smallest absolute Gasteiger partial charge is 0.339 e. The fraction of sp³-hybridized carbons (Fsp3) is 0.419. The zero-order chi connectivity index (χ0) is 28.5. The van der Waals surface area contributed by atoms with Gasteiger partial charge in [0.15, 0.2) is 0 Å². The van der Waals surface area contributed by atoms with Gasteiger partial charge >= 0.3 is 16.1 Å². The van der Waals surface area contributed by atoms with E-state index in [1.165, 1.54) is 23.5 Å². The quantitative estimate of drug-likeness (QED) is 0.149. The van der Waals surface area contributed by atoms with E-state index in [2.05, 4.69) is 31.3 Å². The second kappa shape index (κ2) is 11.4. The highest BCUT2D eigenvalue weighted by Gasteiger charge is 2.57. The molecule has 7 nitrogen and oxygen atoms in total. The molecule has 0 spiro atoms. The van der Waals surface area contributed by atoms with Gasteiger partial charge in [0.25, 0.3) is 5.91 Å². The molecule has 9 heteroatoms. The van der Waals surface area contributed by atoms with Gasteiger partial charge < -0.3 is 14.6 Å². The summed E-state index contributed by atoms with van der Waals surface area (Å²) >= 11 is 1.44. The van der Waals surface area contributed by atoms with Gasteiger partial charge in [-0.25, -0.2) is 0 Å². The molecule has 1 heterocycles. The molecule has 1 amide bonds. The van der Waals surface area contributed by atoms with E-state index in [9.17, 15) is 18.0 Å². The molecular weight excluding hydrogens is 546 g/mol. The molecule has 3 saturated carbocycles. The lowest BCUT2D eigenvalue weighted by Gasteiger charge is -2.62. The number of benzene rings is 2. The molecule has 1 aromatic heterocycles. The summed E-state index contributed by atoms with van der Waals surface area (Å²) in [6.07, 6.45) is 8.73. The van der Waals surface area contributed by atoms with Crippen LogP contribution in [0.15, 0.2) is 71.0 Å². The Balaban J connectivity index is 1.32. The number of carbonyl (C=O) groups is 2. The van der Waals surface area contributed by atoms with Crippen LogP contribution in [0.5, 0.6) is 5.75 Å². The maximum Gasteiger partial charge on any atom is 0.339 e. The van der Waals surface area contributed by atoms with Crippen LogP contribution in [0.4, 0.5) is 0 Å². The van der Waals surface area contributed by atoms with Crippen molar-refractivity contribution in [2.75, 3.05) is 0 Å². The number of unbranched alkanes of at least 4 members (excludes halogenated alkanes) is 1. The molecule has 3 aliphatic rings. The zero-order valence-electron chi connectivity index (χ0n) is 22.7. The summed E-state index contributed by atoms with van der Waals surface area (Å²) in [5.41, 5.74) is 0.688. The summed E-state index contributed by atoms with van der Waals surface area (Å²) in [4.78, 5) is 24.5. The van der Waals surface area contributed by atoms with Gasteiger partial charge in [-0.1, -0.05) is 44.2 Å². The first-order chi connectivity index (χ1) is 19.1. The van der Waals surface area contributed by atoms with E-state index >= 15 is 0 Å². The Morgan fingerprint density at radius 3 is 2.62 bits per heavy atom. The van der Waals surface area contributed by atoms with E-state index < -0.39 is 16.1 Å². The Morgan fingerprint density at radius 1 is 1.12 bits per heavy atom. The van der Waals surface area contributed by atoms with Crippen LogP contribution in [0.3, 0.4) is 0 Å². The number of allylic oxidation sites excluding steroid dienone is 2. The molecule has 2 N–H and O–H groups in total. The summed E-state index contributed by atoms with van der Waals surface area (Å²) in [6.45, 7) is 4.58. The lowest BCUT2D eigenvalue weighted by molar-refractivity contribution is -0.137. The lowest BCUT2D eigenvalue weighted by atomic mass is 9.44. The van der Waals surface area contributed by atoms with Crippen LogP contribution in [0.2, 0.25) is 0 Å². The Labute approximate surface area is 239 Å².